The van der Waals surface area contributed by atoms with Crippen molar-refractivity contribution in [2.45, 2.75) is 71.3 Å². The van der Waals surface area contributed by atoms with Crippen molar-refractivity contribution in [2.75, 3.05) is 0 Å². The highest BCUT2D eigenvalue weighted by Crippen LogP contribution is 2.35. The van der Waals surface area contributed by atoms with E-state index in [4.69, 9.17) is 0 Å². The number of carbonyl (C=O) groups excluding carboxylic acids is 1. The highest BCUT2D eigenvalue weighted by molar-refractivity contribution is 5.86. The van der Waals surface area contributed by atoms with Gasteiger partial charge < -0.3 is 5.11 Å². The Morgan fingerprint density at radius 3 is 2.56 bits per heavy atom. The number of aliphatic hydroxyl groups is 1. The third-order valence-electron chi connectivity index (χ3n) is 4.04. The van der Waals surface area contributed by atoms with Crippen LogP contribution in [0.5, 0.6) is 0 Å². The lowest BCUT2D eigenvalue weighted by Crippen LogP contribution is -2.42. The van der Waals surface area contributed by atoms with E-state index < -0.39 is 5.60 Å². The molecule has 3 unspecified atom stereocenters. The first-order valence-corrected chi connectivity index (χ1v) is 6.77. The molecule has 0 radical (unpaired) electrons. The van der Waals surface area contributed by atoms with E-state index in [2.05, 4.69) is 13.8 Å². The van der Waals surface area contributed by atoms with E-state index in [9.17, 15) is 9.90 Å². The lowest BCUT2D eigenvalue weighted by molar-refractivity contribution is -0.141. The van der Waals surface area contributed by atoms with Gasteiger partial charge in [-0.25, -0.2) is 0 Å². The molecular formula is C14H26O2. The molecule has 0 aromatic carbocycles. The quantitative estimate of drug-likeness (QED) is 0.801. The second-order valence-corrected chi connectivity index (χ2v) is 5.53. The highest BCUT2D eigenvalue weighted by atomic mass is 16.3. The van der Waals surface area contributed by atoms with Crippen molar-refractivity contribution in [1.82, 2.24) is 0 Å². The Morgan fingerprint density at radius 2 is 2.00 bits per heavy atom. The van der Waals surface area contributed by atoms with Gasteiger partial charge in [0.2, 0.25) is 0 Å². The molecule has 0 bridgehead atoms. The van der Waals surface area contributed by atoms with Crippen molar-refractivity contribution in [2.24, 2.45) is 11.8 Å². The Kier molecular flexibility index (Phi) is 4.97. The Morgan fingerprint density at radius 1 is 1.31 bits per heavy atom. The van der Waals surface area contributed by atoms with Crippen LogP contribution in [0, 0.1) is 11.8 Å². The van der Waals surface area contributed by atoms with E-state index in [0.717, 1.165) is 12.8 Å². The average molecular weight is 226 g/mol. The van der Waals surface area contributed by atoms with E-state index in [1.54, 1.807) is 0 Å². The van der Waals surface area contributed by atoms with Crippen LogP contribution in [-0.4, -0.2) is 16.5 Å². The van der Waals surface area contributed by atoms with Gasteiger partial charge in [-0.05, 0) is 24.7 Å². The summed E-state index contributed by atoms with van der Waals surface area (Å²) in [4.78, 5) is 11.9. The molecule has 2 nitrogen and oxygen atoms in total. The van der Waals surface area contributed by atoms with Gasteiger partial charge in [-0.15, -0.1) is 0 Å². The number of hydrogen-bond donors (Lipinski definition) is 1. The molecule has 0 saturated heterocycles. The summed E-state index contributed by atoms with van der Waals surface area (Å²) in [6, 6.07) is 0. The molecule has 0 spiro atoms. The first-order valence-electron chi connectivity index (χ1n) is 6.77. The number of Topliss-reactive ketones (excluding diaryl/α,β-unsaturated/α-hetero) is 1. The van der Waals surface area contributed by atoms with Crippen LogP contribution in [0.25, 0.3) is 0 Å². The summed E-state index contributed by atoms with van der Waals surface area (Å²) in [5.74, 6) is 1.03. The molecule has 16 heavy (non-hydrogen) atoms. The molecule has 0 aromatic rings. The Bertz CT molecular complexity index is 237. The predicted molar refractivity (Wildman–Crippen MR) is 66.3 cm³/mol. The summed E-state index contributed by atoms with van der Waals surface area (Å²) in [6.45, 7) is 6.16. The summed E-state index contributed by atoms with van der Waals surface area (Å²) < 4.78 is 0. The van der Waals surface area contributed by atoms with Gasteiger partial charge in [0, 0.05) is 6.42 Å². The smallest absolute Gasteiger partial charge is 0.164 e. The molecule has 1 N–H and O–H groups in total. The topological polar surface area (TPSA) is 37.3 Å². The predicted octanol–water partition coefficient (Wildman–Crippen LogP) is 3.32. The van der Waals surface area contributed by atoms with Gasteiger partial charge in [0.05, 0.1) is 0 Å². The molecule has 0 amide bonds. The molecular weight excluding hydrogens is 200 g/mol. The summed E-state index contributed by atoms with van der Waals surface area (Å²) >= 11 is 0. The summed E-state index contributed by atoms with van der Waals surface area (Å²) in [5.41, 5.74) is -1.03. The molecule has 94 valence electrons. The fraction of sp³-hybridized carbons (Fsp3) is 0.929. The van der Waals surface area contributed by atoms with E-state index in [1.807, 2.05) is 6.92 Å². The minimum Gasteiger partial charge on any atom is -0.382 e. The number of rotatable bonds is 3. The molecule has 1 aliphatic rings. The molecule has 0 aromatic heterocycles. The largest absolute Gasteiger partial charge is 0.382 e. The molecule has 1 fully saturated rings. The number of ketones is 1. The molecule has 1 rings (SSSR count). The van der Waals surface area contributed by atoms with Crippen LogP contribution in [0.4, 0.5) is 0 Å². The van der Waals surface area contributed by atoms with Crippen molar-refractivity contribution in [3.63, 3.8) is 0 Å². The summed E-state index contributed by atoms with van der Waals surface area (Å²) in [5, 5.41) is 10.6. The van der Waals surface area contributed by atoms with Crippen LogP contribution in [0.3, 0.4) is 0 Å². The lowest BCUT2D eigenvalue weighted by atomic mass is 9.74. The zero-order valence-corrected chi connectivity index (χ0v) is 11.0. The lowest BCUT2D eigenvalue weighted by Gasteiger charge is -2.35. The number of hydrogen-bond acceptors (Lipinski definition) is 2. The van der Waals surface area contributed by atoms with E-state index in [1.165, 1.54) is 12.8 Å². The van der Waals surface area contributed by atoms with Gasteiger partial charge in [-0.3, -0.25) is 4.79 Å². The Hall–Kier alpha value is -0.370. The fourth-order valence-corrected chi connectivity index (χ4v) is 3.00. The van der Waals surface area contributed by atoms with Crippen molar-refractivity contribution < 1.29 is 9.90 Å². The van der Waals surface area contributed by atoms with Gasteiger partial charge >= 0.3 is 0 Å². The van der Waals surface area contributed by atoms with Crippen molar-refractivity contribution in [3.05, 3.63) is 0 Å². The van der Waals surface area contributed by atoms with Gasteiger partial charge in [-0.1, -0.05) is 46.5 Å². The van der Waals surface area contributed by atoms with Crippen LogP contribution >= 0.6 is 0 Å². The van der Waals surface area contributed by atoms with Crippen LogP contribution in [0.2, 0.25) is 0 Å². The molecule has 0 aliphatic heterocycles. The normalized spacial score (nSPS) is 36.5. The van der Waals surface area contributed by atoms with Crippen LogP contribution in [0.1, 0.15) is 65.7 Å². The zero-order valence-electron chi connectivity index (χ0n) is 11.0. The second-order valence-electron chi connectivity index (χ2n) is 5.53. The Balaban J connectivity index is 2.79. The molecule has 3 atom stereocenters. The highest BCUT2D eigenvalue weighted by Gasteiger charge is 2.38. The minimum absolute atomic E-state index is 0.0414. The monoisotopic (exact) mass is 226 g/mol. The van der Waals surface area contributed by atoms with Gasteiger partial charge in [-0.2, -0.15) is 0 Å². The van der Waals surface area contributed by atoms with Crippen LogP contribution < -0.4 is 0 Å². The summed E-state index contributed by atoms with van der Waals surface area (Å²) in [6.07, 6.45) is 6.44. The standard InChI is InChI=1S/C14H26O2/c1-4-12-8-6-7-11(3)9-14(16,10-12)13(15)5-2/h11-12,16H,4-10H2,1-3H3. The van der Waals surface area contributed by atoms with Crippen molar-refractivity contribution in [3.8, 4) is 0 Å². The van der Waals surface area contributed by atoms with Gasteiger partial charge in [0.25, 0.3) is 0 Å². The average Bonchev–Trinajstić information content (AvgIpc) is 2.24. The van der Waals surface area contributed by atoms with Crippen molar-refractivity contribution >= 4 is 5.78 Å². The van der Waals surface area contributed by atoms with Gasteiger partial charge in [0.15, 0.2) is 5.78 Å². The van der Waals surface area contributed by atoms with Crippen LogP contribution in [-0.2, 0) is 4.79 Å². The maximum atomic E-state index is 11.9. The Labute approximate surface area is 99.4 Å². The fourth-order valence-electron chi connectivity index (χ4n) is 3.00. The molecule has 2 heteroatoms. The molecule has 1 saturated carbocycles. The van der Waals surface area contributed by atoms with E-state index in [-0.39, 0.29) is 5.78 Å². The third-order valence-corrected chi connectivity index (χ3v) is 4.04. The summed E-state index contributed by atoms with van der Waals surface area (Å²) in [7, 11) is 0. The van der Waals surface area contributed by atoms with E-state index in [0.29, 0.717) is 31.1 Å². The third kappa shape index (κ3) is 3.31. The minimum atomic E-state index is -1.03. The maximum Gasteiger partial charge on any atom is 0.164 e. The van der Waals surface area contributed by atoms with Crippen molar-refractivity contribution in [1.29, 1.82) is 0 Å². The van der Waals surface area contributed by atoms with Gasteiger partial charge in [0.1, 0.15) is 5.60 Å². The number of carbonyl (C=O) groups is 1. The first-order chi connectivity index (χ1) is 7.51. The van der Waals surface area contributed by atoms with E-state index >= 15 is 0 Å². The SMILES string of the molecule is CCC(=O)C1(O)CC(C)CCCC(CC)C1. The second kappa shape index (κ2) is 5.81. The maximum absolute atomic E-state index is 11.9. The molecule has 1 aliphatic carbocycles. The first kappa shape index (κ1) is 13.7. The van der Waals surface area contributed by atoms with Crippen LogP contribution in [0.15, 0.2) is 0 Å². The zero-order chi connectivity index (χ0) is 12.2. The molecule has 0 heterocycles.